The van der Waals surface area contributed by atoms with Crippen molar-refractivity contribution in [2.24, 2.45) is 0 Å². The van der Waals surface area contributed by atoms with E-state index >= 15 is 0 Å². The fourth-order valence-electron chi connectivity index (χ4n) is 2.12. The summed E-state index contributed by atoms with van der Waals surface area (Å²) in [6.45, 7) is 3.66. The van der Waals surface area contributed by atoms with E-state index in [4.69, 9.17) is 4.74 Å². The first-order chi connectivity index (χ1) is 6.18. The smallest absolute Gasteiger partial charge is 0.0772 e. The Balaban J connectivity index is 1.77. The highest BCUT2D eigenvalue weighted by Crippen LogP contribution is 2.32. The molecule has 0 aromatic heterocycles. The summed E-state index contributed by atoms with van der Waals surface area (Å²) < 4.78 is 5.28. The molecule has 3 heteroatoms. The van der Waals surface area contributed by atoms with Gasteiger partial charge in [0, 0.05) is 25.3 Å². The third-order valence-electron chi connectivity index (χ3n) is 3.35. The lowest BCUT2D eigenvalue weighted by Crippen LogP contribution is -2.60. The van der Waals surface area contributed by atoms with E-state index in [-0.39, 0.29) is 0 Å². The van der Waals surface area contributed by atoms with Crippen molar-refractivity contribution in [1.82, 2.24) is 5.32 Å². The summed E-state index contributed by atoms with van der Waals surface area (Å²) in [5.41, 5.74) is -0.460. The number of hydrogen-bond acceptors (Lipinski definition) is 3. The van der Waals surface area contributed by atoms with Gasteiger partial charge in [-0.25, -0.2) is 0 Å². The summed E-state index contributed by atoms with van der Waals surface area (Å²) in [4.78, 5) is 0. The molecule has 1 aliphatic heterocycles. The summed E-state index contributed by atoms with van der Waals surface area (Å²) in [5, 5.41) is 13.3. The summed E-state index contributed by atoms with van der Waals surface area (Å²) in [6.07, 6.45) is 4.23. The second kappa shape index (κ2) is 3.56. The quantitative estimate of drug-likeness (QED) is 0.664. The highest BCUT2D eigenvalue weighted by atomic mass is 16.5. The molecule has 0 spiro atoms. The summed E-state index contributed by atoms with van der Waals surface area (Å²) >= 11 is 0. The third kappa shape index (κ3) is 2.03. The fourth-order valence-corrected chi connectivity index (χ4v) is 2.12. The molecular weight excluding hydrogens is 166 g/mol. The summed E-state index contributed by atoms with van der Waals surface area (Å²) in [7, 11) is 0. The van der Waals surface area contributed by atoms with Gasteiger partial charge in [-0.1, -0.05) is 0 Å². The maximum absolute atomic E-state index is 9.81. The topological polar surface area (TPSA) is 41.5 Å². The molecule has 0 bridgehead atoms. The number of hydrogen-bond donors (Lipinski definition) is 2. The molecule has 2 atom stereocenters. The van der Waals surface area contributed by atoms with Crippen LogP contribution in [0.1, 0.15) is 32.6 Å². The van der Waals surface area contributed by atoms with Crippen molar-refractivity contribution in [2.45, 2.75) is 50.3 Å². The maximum Gasteiger partial charge on any atom is 0.0772 e. The van der Waals surface area contributed by atoms with Gasteiger partial charge >= 0.3 is 0 Å². The van der Waals surface area contributed by atoms with Crippen LogP contribution in [0.25, 0.3) is 0 Å². The van der Waals surface area contributed by atoms with E-state index in [2.05, 4.69) is 5.32 Å². The zero-order valence-corrected chi connectivity index (χ0v) is 8.25. The highest BCUT2D eigenvalue weighted by molar-refractivity contribution is 4.99. The largest absolute Gasteiger partial charge is 0.389 e. The van der Waals surface area contributed by atoms with Crippen LogP contribution < -0.4 is 5.32 Å². The maximum atomic E-state index is 9.81. The molecule has 2 rings (SSSR count). The van der Waals surface area contributed by atoms with Crippen molar-refractivity contribution >= 4 is 0 Å². The molecule has 1 aliphatic carbocycles. The lowest BCUT2D eigenvalue weighted by molar-refractivity contribution is -0.0608. The number of nitrogens with one attached hydrogen (secondary N) is 1. The lowest BCUT2D eigenvalue weighted by Gasteiger charge is -2.45. The molecule has 3 nitrogen and oxygen atoms in total. The third-order valence-corrected chi connectivity index (χ3v) is 3.35. The van der Waals surface area contributed by atoms with Crippen LogP contribution in [-0.2, 0) is 4.74 Å². The zero-order chi connectivity index (χ0) is 9.31. The normalized spacial score (nSPS) is 41.5. The molecule has 0 radical (unpaired) electrons. The van der Waals surface area contributed by atoms with Crippen molar-refractivity contribution in [3.05, 3.63) is 0 Å². The van der Waals surface area contributed by atoms with Crippen LogP contribution in [0.2, 0.25) is 0 Å². The Morgan fingerprint density at radius 2 is 2.00 bits per heavy atom. The van der Waals surface area contributed by atoms with Gasteiger partial charge in [0.05, 0.1) is 5.60 Å². The molecule has 76 valence electrons. The number of ether oxygens (including phenoxy) is 1. The van der Waals surface area contributed by atoms with E-state index in [0.29, 0.717) is 12.1 Å². The van der Waals surface area contributed by atoms with Gasteiger partial charge < -0.3 is 15.2 Å². The Bertz CT molecular complexity index is 176. The molecule has 2 fully saturated rings. The molecular formula is C10H19NO2. The average Bonchev–Trinajstić information content (AvgIpc) is 2.15. The molecule has 1 saturated carbocycles. The van der Waals surface area contributed by atoms with Crippen molar-refractivity contribution < 1.29 is 9.84 Å². The van der Waals surface area contributed by atoms with E-state index in [1.165, 1.54) is 0 Å². The van der Waals surface area contributed by atoms with E-state index in [1.54, 1.807) is 0 Å². The lowest BCUT2D eigenvalue weighted by atomic mass is 9.76. The summed E-state index contributed by atoms with van der Waals surface area (Å²) in [5.74, 6) is 0. The zero-order valence-electron chi connectivity index (χ0n) is 8.25. The fraction of sp³-hybridized carbons (Fsp3) is 1.00. The van der Waals surface area contributed by atoms with E-state index in [0.717, 1.165) is 38.9 Å². The second-order valence-corrected chi connectivity index (χ2v) is 4.50. The molecule has 0 unspecified atom stereocenters. The molecule has 0 aromatic carbocycles. The first kappa shape index (κ1) is 9.44. The van der Waals surface area contributed by atoms with Crippen molar-refractivity contribution in [3.8, 4) is 0 Å². The van der Waals surface area contributed by atoms with E-state index in [1.807, 2.05) is 6.92 Å². The molecule has 0 amide bonds. The Kier molecular flexibility index (Phi) is 2.58. The van der Waals surface area contributed by atoms with Gasteiger partial charge in [-0.2, -0.15) is 0 Å². The number of aliphatic hydroxyl groups is 1. The Labute approximate surface area is 79.5 Å². The van der Waals surface area contributed by atoms with Crippen LogP contribution in [0.5, 0.6) is 0 Å². The predicted molar refractivity (Wildman–Crippen MR) is 50.6 cm³/mol. The van der Waals surface area contributed by atoms with Gasteiger partial charge in [-0.05, 0) is 32.6 Å². The van der Waals surface area contributed by atoms with Crippen molar-refractivity contribution in [1.29, 1.82) is 0 Å². The summed E-state index contributed by atoms with van der Waals surface area (Å²) in [6, 6.07) is 0.876. The van der Waals surface area contributed by atoms with Gasteiger partial charge in [0.1, 0.15) is 0 Å². The van der Waals surface area contributed by atoms with Crippen molar-refractivity contribution in [3.63, 3.8) is 0 Å². The van der Waals surface area contributed by atoms with Crippen molar-refractivity contribution in [2.75, 3.05) is 13.2 Å². The van der Waals surface area contributed by atoms with Crippen LogP contribution in [-0.4, -0.2) is 36.0 Å². The van der Waals surface area contributed by atoms with Gasteiger partial charge in [0.25, 0.3) is 0 Å². The van der Waals surface area contributed by atoms with Crippen LogP contribution in [0.4, 0.5) is 0 Å². The highest BCUT2D eigenvalue weighted by Gasteiger charge is 2.41. The minimum absolute atomic E-state index is 0.315. The second-order valence-electron chi connectivity index (χ2n) is 4.50. The van der Waals surface area contributed by atoms with Gasteiger partial charge in [0.15, 0.2) is 0 Å². The first-order valence-corrected chi connectivity index (χ1v) is 5.25. The molecule has 2 aliphatic rings. The SMILES string of the molecule is C[C@@]1(O)CC[C@H]1NC1CCOCC1. The van der Waals surface area contributed by atoms with Gasteiger partial charge in [-0.15, -0.1) is 0 Å². The standard InChI is InChI=1S/C10H19NO2/c1-10(12)5-2-9(10)11-8-3-6-13-7-4-8/h8-9,11-12H,2-7H2,1H3/t9-,10-/m1/s1. The predicted octanol–water partition coefficient (Wildman–Crippen LogP) is 0.668. The molecule has 2 N–H and O–H groups in total. The first-order valence-electron chi connectivity index (χ1n) is 5.25. The van der Waals surface area contributed by atoms with E-state index < -0.39 is 5.60 Å². The van der Waals surface area contributed by atoms with Gasteiger partial charge in [0.2, 0.25) is 0 Å². The molecule has 0 aromatic rings. The van der Waals surface area contributed by atoms with E-state index in [9.17, 15) is 5.11 Å². The van der Waals surface area contributed by atoms with Crippen LogP contribution in [0, 0.1) is 0 Å². The average molecular weight is 185 g/mol. The Hall–Kier alpha value is -0.120. The van der Waals surface area contributed by atoms with Crippen LogP contribution >= 0.6 is 0 Å². The Morgan fingerprint density at radius 3 is 2.46 bits per heavy atom. The minimum atomic E-state index is -0.460. The number of rotatable bonds is 2. The molecule has 1 heterocycles. The Morgan fingerprint density at radius 1 is 1.31 bits per heavy atom. The minimum Gasteiger partial charge on any atom is -0.389 e. The molecule has 13 heavy (non-hydrogen) atoms. The monoisotopic (exact) mass is 185 g/mol. The molecule has 1 saturated heterocycles. The van der Waals surface area contributed by atoms with Crippen LogP contribution in [0.3, 0.4) is 0 Å². The van der Waals surface area contributed by atoms with Gasteiger partial charge in [-0.3, -0.25) is 0 Å². The van der Waals surface area contributed by atoms with Crippen LogP contribution in [0.15, 0.2) is 0 Å².